The first-order chi connectivity index (χ1) is 27.5. The molecular formula is C36H63N7O11S3. The maximum atomic E-state index is 11.8. The summed E-state index contributed by atoms with van der Waals surface area (Å²) in [5, 5.41) is 68.4. The molecule has 6 rings (SSSR count). The number of nitrogens with zero attached hydrogens (tertiary/aromatic N) is 6. The number of aliphatic hydroxyl groups is 1. The zero-order valence-electron chi connectivity index (χ0n) is 33.0. The van der Waals surface area contributed by atoms with Crippen LogP contribution in [0.25, 0.3) is 0 Å². The molecule has 0 heterocycles. The number of aliphatic hydroxyl groups excluding tert-OH is 1. The van der Waals surface area contributed by atoms with Crippen molar-refractivity contribution in [2.75, 3.05) is 7.11 Å². The normalized spacial score (nSPS) is 42.5. The van der Waals surface area contributed by atoms with Crippen LogP contribution in [0.4, 0.5) is 0 Å². The molecule has 6 fully saturated rings. The fraction of sp³-hybridized carbons (Fsp3) is 1.00. The molecule has 0 amide bonds. The van der Waals surface area contributed by atoms with E-state index in [9.17, 15) is 18.1 Å². The third kappa shape index (κ3) is 13.0. The van der Waals surface area contributed by atoms with Gasteiger partial charge in [-0.2, -0.15) is 39.1 Å². The van der Waals surface area contributed by atoms with E-state index in [2.05, 4.69) is 31.8 Å². The highest BCUT2D eigenvalue weighted by Crippen LogP contribution is 2.46. The van der Waals surface area contributed by atoms with Crippen molar-refractivity contribution in [3.63, 3.8) is 0 Å². The van der Waals surface area contributed by atoms with Crippen LogP contribution in [0.15, 0.2) is 30.7 Å². The summed E-state index contributed by atoms with van der Waals surface area (Å²) >= 11 is 2.10. The van der Waals surface area contributed by atoms with E-state index < -0.39 is 27.5 Å². The summed E-state index contributed by atoms with van der Waals surface area (Å²) in [5.74, 6) is 0.463. The highest BCUT2D eigenvalue weighted by Gasteiger charge is 2.48. The van der Waals surface area contributed by atoms with Crippen LogP contribution in [0.5, 0.6) is 0 Å². The molecule has 0 aliphatic heterocycles. The minimum absolute atomic E-state index is 0.00856. The van der Waals surface area contributed by atoms with E-state index in [4.69, 9.17) is 45.2 Å². The Kier molecular flexibility index (Phi) is 17.8. The summed E-state index contributed by atoms with van der Waals surface area (Å²) in [7, 11) is -2.35. The summed E-state index contributed by atoms with van der Waals surface area (Å²) in [6.45, 7) is 2.18. The van der Waals surface area contributed by atoms with Gasteiger partial charge in [0, 0.05) is 48.5 Å². The second-order valence-corrected chi connectivity index (χ2v) is 20.9. The van der Waals surface area contributed by atoms with Gasteiger partial charge in [0.1, 0.15) is 6.04 Å². The smallest absolute Gasteiger partial charge is 0.267 e. The predicted molar refractivity (Wildman–Crippen MR) is 212 cm³/mol. The van der Waals surface area contributed by atoms with Gasteiger partial charge in [-0.1, -0.05) is 29.8 Å². The van der Waals surface area contributed by atoms with Gasteiger partial charge in [0.15, 0.2) is 0 Å². The van der Waals surface area contributed by atoms with Gasteiger partial charge < -0.3 is 15.2 Å². The number of ether oxygens (including phenoxy) is 1. The van der Waals surface area contributed by atoms with Crippen LogP contribution in [-0.2, 0) is 33.6 Å². The molecule has 16 unspecified atom stereocenters. The Hall–Kier alpha value is -0.950. The molecule has 0 aromatic heterocycles. The van der Waals surface area contributed by atoms with Gasteiger partial charge in [0.25, 0.3) is 10.1 Å². The van der Waals surface area contributed by atoms with Crippen LogP contribution in [0.2, 0.25) is 0 Å². The van der Waals surface area contributed by atoms with E-state index in [1.807, 2.05) is 0 Å². The van der Waals surface area contributed by atoms with E-state index in [1.165, 1.54) is 0 Å². The quantitative estimate of drug-likeness (QED) is 0.0335. The first-order valence-corrected chi connectivity index (χ1v) is 24.1. The van der Waals surface area contributed by atoms with E-state index in [-0.39, 0.29) is 76.7 Å². The maximum Gasteiger partial charge on any atom is 0.267 e. The number of nitrogens with one attached hydrogen (secondary N) is 1. The number of methoxy groups -OCH3 is 1. The van der Waals surface area contributed by atoms with Crippen LogP contribution in [0.3, 0.4) is 0 Å². The van der Waals surface area contributed by atoms with Crippen LogP contribution < -0.4 is 5.32 Å². The van der Waals surface area contributed by atoms with E-state index in [1.54, 1.807) is 7.11 Å². The first-order valence-electron chi connectivity index (χ1n) is 20.9. The molecule has 0 radical (unpaired) electrons. The minimum atomic E-state index is -4.07. The Balaban J connectivity index is 0.983. The topological polar surface area (TPSA) is 247 Å². The molecule has 16 atom stereocenters. The van der Waals surface area contributed by atoms with Gasteiger partial charge in [0.2, 0.25) is 0 Å². The molecule has 21 heteroatoms. The lowest BCUT2D eigenvalue weighted by molar-refractivity contribution is -0.432. The first kappa shape index (κ1) is 45.6. The van der Waals surface area contributed by atoms with Crippen molar-refractivity contribution in [2.45, 2.75) is 199 Å². The average Bonchev–Trinajstić information content (AvgIpc) is 3.21. The molecule has 5 N–H and O–H groups in total. The molecular weight excluding hydrogens is 803 g/mol. The van der Waals surface area contributed by atoms with Crippen molar-refractivity contribution in [3.8, 4) is 0 Å². The molecule has 57 heavy (non-hydrogen) atoms. The van der Waals surface area contributed by atoms with Crippen molar-refractivity contribution >= 4 is 34.2 Å². The second-order valence-electron chi connectivity index (χ2n) is 17.3. The molecule has 0 bridgehead atoms. The molecule has 0 spiro atoms. The van der Waals surface area contributed by atoms with Crippen molar-refractivity contribution < 1.29 is 52.1 Å². The highest BCUT2D eigenvalue weighted by molar-refractivity contribution is 7.95. The Morgan fingerprint density at radius 1 is 0.667 bits per heavy atom. The Morgan fingerprint density at radius 3 is 2.07 bits per heavy atom. The lowest BCUT2D eigenvalue weighted by atomic mass is 9.66. The van der Waals surface area contributed by atoms with E-state index >= 15 is 0 Å². The SMILES string of the molecule is COC1CC(N=NC2CCCC(SOOO)C2)CCC1N=NC1CCC(N=NC2C(SOOO)CC3CCC(NC4CCCC(S(=O)(=O)O)C4)CC3C2O)CC1C. The number of rotatable bonds is 16. The van der Waals surface area contributed by atoms with Crippen LogP contribution >= 0.6 is 24.1 Å². The van der Waals surface area contributed by atoms with E-state index in [0.717, 1.165) is 127 Å². The molecule has 326 valence electrons. The van der Waals surface area contributed by atoms with Gasteiger partial charge in [-0.3, -0.25) is 4.55 Å². The third-order valence-electron chi connectivity index (χ3n) is 13.5. The van der Waals surface area contributed by atoms with Crippen molar-refractivity contribution in [1.82, 2.24) is 5.32 Å². The maximum absolute atomic E-state index is 11.8. The van der Waals surface area contributed by atoms with Gasteiger partial charge in [0.05, 0.1) is 52.9 Å². The van der Waals surface area contributed by atoms with Crippen LogP contribution in [0, 0.1) is 17.8 Å². The van der Waals surface area contributed by atoms with Crippen molar-refractivity contribution in [2.24, 2.45) is 48.4 Å². The molecule has 6 aliphatic rings. The average molecular weight is 866 g/mol. The second kappa shape index (κ2) is 22.2. The summed E-state index contributed by atoms with van der Waals surface area (Å²) in [6, 6.07) is -0.151. The largest absolute Gasteiger partial charge is 0.390 e. The molecule has 0 aromatic rings. The molecule has 0 saturated heterocycles. The molecule has 18 nitrogen and oxygen atoms in total. The van der Waals surface area contributed by atoms with Crippen LogP contribution in [0.1, 0.15) is 122 Å². The lowest BCUT2D eigenvalue weighted by Crippen LogP contribution is -2.54. The fourth-order valence-electron chi connectivity index (χ4n) is 10.4. The number of hydrogen-bond donors (Lipinski definition) is 5. The van der Waals surface area contributed by atoms with Crippen molar-refractivity contribution in [3.05, 3.63) is 0 Å². The fourth-order valence-corrected chi connectivity index (χ4v) is 12.8. The number of hydrogen-bond acceptors (Lipinski definition) is 19. The summed E-state index contributed by atoms with van der Waals surface area (Å²) in [5.41, 5.74) is 0. The number of azo groups is 3. The Labute approximate surface area is 344 Å². The third-order valence-corrected chi connectivity index (χ3v) is 16.5. The van der Waals surface area contributed by atoms with Crippen LogP contribution in [-0.4, -0.2) is 112 Å². The Bertz CT molecular complexity index is 1440. The van der Waals surface area contributed by atoms with Gasteiger partial charge in [-0.25, -0.2) is 10.5 Å². The van der Waals surface area contributed by atoms with E-state index in [0.29, 0.717) is 12.8 Å². The number of fused-ring (bicyclic) bond motifs is 1. The van der Waals surface area contributed by atoms with Gasteiger partial charge in [-0.15, -0.1) is 8.67 Å². The zero-order valence-corrected chi connectivity index (χ0v) is 35.5. The molecule has 0 aromatic carbocycles. The van der Waals surface area contributed by atoms with Gasteiger partial charge in [-0.05, 0) is 120 Å². The highest BCUT2D eigenvalue weighted by atomic mass is 32.2. The monoisotopic (exact) mass is 865 g/mol. The predicted octanol–water partition coefficient (Wildman–Crippen LogP) is 7.36. The van der Waals surface area contributed by atoms with Crippen molar-refractivity contribution in [1.29, 1.82) is 0 Å². The standard InChI is InChI=1S/C36H63N7O11S3/c1-21-15-26(11-13-31(21)41-42-32-14-12-27(20-33(32)50-2)39-38-25-6-3-7-28(17-25)55-53-51-45)40-43-35-34(56-54-52-46)16-22-9-10-24(19-30(22)36(35)44)37-23-5-4-8-29(18-23)57(47,48)49/h21-37,44-46H,3-20H2,1-2H3,(H,47,48,49). The molecule has 6 aliphatic carbocycles. The van der Waals surface area contributed by atoms with Gasteiger partial charge >= 0.3 is 0 Å². The zero-order chi connectivity index (χ0) is 40.4. The molecule has 6 saturated carbocycles. The minimum Gasteiger partial charge on any atom is -0.390 e. The lowest BCUT2D eigenvalue weighted by Gasteiger charge is -2.47. The Morgan fingerprint density at radius 2 is 1.33 bits per heavy atom. The summed E-state index contributed by atoms with van der Waals surface area (Å²) in [6.07, 6.45) is 13.6. The summed E-state index contributed by atoms with van der Waals surface area (Å²) in [4.78, 5) is 0. The summed E-state index contributed by atoms with van der Waals surface area (Å²) < 4.78 is 48.7.